The van der Waals surface area contributed by atoms with Crippen molar-refractivity contribution in [3.05, 3.63) is 0 Å². The quantitative estimate of drug-likeness (QED) is 0.611. The first-order valence-electron chi connectivity index (χ1n) is 5.33. The van der Waals surface area contributed by atoms with Crippen molar-refractivity contribution < 1.29 is 4.79 Å². The summed E-state index contributed by atoms with van der Waals surface area (Å²) in [4.78, 5) is 13.5. The minimum atomic E-state index is 0.0917. The molecule has 0 rings (SSSR count). The van der Waals surface area contributed by atoms with E-state index in [2.05, 4.69) is 24.1 Å². The van der Waals surface area contributed by atoms with Crippen LogP contribution in [0.5, 0.6) is 0 Å². The van der Waals surface area contributed by atoms with Gasteiger partial charge >= 0.3 is 0 Å². The van der Waals surface area contributed by atoms with Crippen molar-refractivity contribution in [3.8, 4) is 0 Å². The summed E-state index contributed by atoms with van der Waals surface area (Å²) in [5.41, 5.74) is 5.45. The van der Waals surface area contributed by atoms with Gasteiger partial charge in [0.1, 0.15) is 0 Å². The molecule has 4 heteroatoms. The Kier molecular flexibility index (Phi) is 7.42. The fraction of sp³-hybridized carbons (Fsp3) is 0.900. The lowest BCUT2D eigenvalue weighted by molar-refractivity contribution is -0.122. The van der Waals surface area contributed by atoms with Crippen molar-refractivity contribution in [2.45, 2.75) is 20.8 Å². The van der Waals surface area contributed by atoms with E-state index in [1.807, 2.05) is 6.92 Å². The third-order valence-corrected chi connectivity index (χ3v) is 2.31. The summed E-state index contributed by atoms with van der Waals surface area (Å²) in [6.07, 6.45) is 0. The summed E-state index contributed by atoms with van der Waals surface area (Å²) >= 11 is 0. The molecule has 0 heterocycles. The number of nitrogens with one attached hydrogen (secondary N) is 1. The van der Waals surface area contributed by atoms with Crippen LogP contribution < -0.4 is 11.1 Å². The number of nitrogens with two attached hydrogens (primary N) is 1. The van der Waals surface area contributed by atoms with Gasteiger partial charge in [0.15, 0.2) is 0 Å². The maximum absolute atomic E-state index is 11.4. The van der Waals surface area contributed by atoms with E-state index in [0.29, 0.717) is 25.6 Å². The van der Waals surface area contributed by atoms with Gasteiger partial charge in [-0.15, -0.1) is 0 Å². The topological polar surface area (TPSA) is 58.4 Å². The van der Waals surface area contributed by atoms with Crippen molar-refractivity contribution in [3.63, 3.8) is 0 Å². The van der Waals surface area contributed by atoms with E-state index in [0.717, 1.165) is 13.1 Å². The molecule has 0 aromatic rings. The average Bonchev–Trinajstić information content (AvgIpc) is 2.22. The maximum atomic E-state index is 11.4. The number of carbonyl (C=O) groups excluding carboxylic acids is 1. The standard InChI is InChI=1S/C10H23N3O/c1-4-13(5-2)8-10(14)12-7-9(3)6-11/h9H,4-8,11H2,1-3H3,(H,12,14). The Balaban J connectivity index is 3.64. The van der Waals surface area contributed by atoms with E-state index in [4.69, 9.17) is 5.73 Å². The van der Waals surface area contributed by atoms with Crippen LogP contribution in [-0.4, -0.2) is 43.5 Å². The fourth-order valence-corrected chi connectivity index (χ4v) is 1.08. The summed E-state index contributed by atoms with van der Waals surface area (Å²) in [6.45, 7) is 9.75. The van der Waals surface area contributed by atoms with Crippen LogP contribution in [0.3, 0.4) is 0 Å². The Labute approximate surface area is 86.8 Å². The molecule has 0 fully saturated rings. The molecule has 0 saturated carbocycles. The molecule has 14 heavy (non-hydrogen) atoms. The van der Waals surface area contributed by atoms with Crippen molar-refractivity contribution in [2.75, 3.05) is 32.7 Å². The predicted octanol–water partition coefficient (Wildman–Crippen LogP) is 0.0392. The second-order valence-corrected chi connectivity index (χ2v) is 3.61. The number of carbonyl (C=O) groups is 1. The Hall–Kier alpha value is -0.610. The molecule has 1 unspecified atom stereocenters. The van der Waals surface area contributed by atoms with Gasteiger partial charge in [-0.25, -0.2) is 0 Å². The number of nitrogens with zero attached hydrogens (tertiary/aromatic N) is 1. The highest BCUT2D eigenvalue weighted by molar-refractivity contribution is 5.77. The van der Waals surface area contributed by atoms with Crippen LogP contribution in [0.15, 0.2) is 0 Å². The summed E-state index contributed by atoms with van der Waals surface area (Å²) in [5, 5.41) is 2.87. The van der Waals surface area contributed by atoms with E-state index in [1.54, 1.807) is 0 Å². The van der Waals surface area contributed by atoms with Crippen molar-refractivity contribution in [1.29, 1.82) is 0 Å². The van der Waals surface area contributed by atoms with E-state index >= 15 is 0 Å². The van der Waals surface area contributed by atoms with Gasteiger partial charge in [0.25, 0.3) is 0 Å². The smallest absolute Gasteiger partial charge is 0.234 e. The van der Waals surface area contributed by atoms with Gasteiger partial charge in [-0.05, 0) is 25.6 Å². The second-order valence-electron chi connectivity index (χ2n) is 3.61. The minimum Gasteiger partial charge on any atom is -0.355 e. The zero-order valence-electron chi connectivity index (χ0n) is 9.55. The monoisotopic (exact) mass is 201 g/mol. The molecule has 0 radical (unpaired) electrons. The third kappa shape index (κ3) is 5.94. The van der Waals surface area contributed by atoms with Crippen LogP contribution in [0.1, 0.15) is 20.8 Å². The molecular formula is C10H23N3O. The lowest BCUT2D eigenvalue weighted by Gasteiger charge is -2.18. The number of likely N-dealkylation sites (N-methyl/N-ethyl adjacent to an activating group) is 1. The second kappa shape index (κ2) is 7.76. The number of hydrogen-bond donors (Lipinski definition) is 2. The first kappa shape index (κ1) is 13.4. The minimum absolute atomic E-state index is 0.0917. The summed E-state index contributed by atoms with van der Waals surface area (Å²) in [7, 11) is 0. The van der Waals surface area contributed by atoms with Gasteiger partial charge in [0.2, 0.25) is 5.91 Å². The fourth-order valence-electron chi connectivity index (χ4n) is 1.08. The van der Waals surface area contributed by atoms with Gasteiger partial charge in [-0.3, -0.25) is 9.69 Å². The van der Waals surface area contributed by atoms with Crippen LogP contribution in [0, 0.1) is 5.92 Å². The average molecular weight is 201 g/mol. The third-order valence-electron chi connectivity index (χ3n) is 2.31. The molecule has 0 aliphatic rings. The highest BCUT2D eigenvalue weighted by Crippen LogP contribution is 1.89. The highest BCUT2D eigenvalue weighted by atomic mass is 16.2. The van der Waals surface area contributed by atoms with E-state index in [1.165, 1.54) is 0 Å². The van der Waals surface area contributed by atoms with Gasteiger partial charge < -0.3 is 11.1 Å². The SMILES string of the molecule is CCN(CC)CC(=O)NCC(C)CN. The van der Waals surface area contributed by atoms with Crippen molar-refractivity contribution in [2.24, 2.45) is 11.7 Å². The lowest BCUT2D eigenvalue weighted by Crippen LogP contribution is -2.39. The molecule has 1 amide bonds. The van der Waals surface area contributed by atoms with Crippen molar-refractivity contribution in [1.82, 2.24) is 10.2 Å². The highest BCUT2D eigenvalue weighted by Gasteiger charge is 2.07. The molecule has 0 saturated heterocycles. The Morgan fingerprint density at radius 1 is 1.43 bits per heavy atom. The van der Waals surface area contributed by atoms with Crippen molar-refractivity contribution >= 4 is 5.91 Å². The molecule has 0 aromatic heterocycles. The zero-order chi connectivity index (χ0) is 11.0. The summed E-state index contributed by atoms with van der Waals surface area (Å²) in [6, 6.07) is 0. The van der Waals surface area contributed by atoms with Crippen LogP contribution in [0.2, 0.25) is 0 Å². The van der Waals surface area contributed by atoms with E-state index < -0.39 is 0 Å². The summed E-state index contributed by atoms with van der Waals surface area (Å²) in [5.74, 6) is 0.449. The molecule has 1 atom stereocenters. The van der Waals surface area contributed by atoms with Gasteiger partial charge in [-0.2, -0.15) is 0 Å². The Morgan fingerprint density at radius 3 is 2.43 bits per heavy atom. The van der Waals surface area contributed by atoms with E-state index in [9.17, 15) is 4.79 Å². The normalized spacial score (nSPS) is 12.9. The van der Waals surface area contributed by atoms with E-state index in [-0.39, 0.29) is 5.91 Å². The van der Waals surface area contributed by atoms with Crippen LogP contribution in [-0.2, 0) is 4.79 Å². The Morgan fingerprint density at radius 2 is 2.00 bits per heavy atom. The lowest BCUT2D eigenvalue weighted by atomic mass is 10.2. The van der Waals surface area contributed by atoms with Gasteiger partial charge in [0.05, 0.1) is 6.54 Å². The van der Waals surface area contributed by atoms with Gasteiger partial charge in [-0.1, -0.05) is 20.8 Å². The number of rotatable bonds is 7. The molecular weight excluding hydrogens is 178 g/mol. The Bertz CT molecular complexity index is 157. The predicted molar refractivity (Wildman–Crippen MR) is 59.0 cm³/mol. The largest absolute Gasteiger partial charge is 0.355 e. The molecule has 0 aliphatic carbocycles. The number of hydrogen-bond acceptors (Lipinski definition) is 3. The van der Waals surface area contributed by atoms with Crippen LogP contribution in [0.25, 0.3) is 0 Å². The summed E-state index contributed by atoms with van der Waals surface area (Å²) < 4.78 is 0. The maximum Gasteiger partial charge on any atom is 0.234 e. The molecule has 84 valence electrons. The molecule has 0 bridgehead atoms. The first-order valence-corrected chi connectivity index (χ1v) is 5.33. The van der Waals surface area contributed by atoms with Crippen LogP contribution in [0.4, 0.5) is 0 Å². The molecule has 4 nitrogen and oxygen atoms in total. The molecule has 3 N–H and O–H groups in total. The molecule has 0 spiro atoms. The first-order chi connectivity index (χ1) is 6.63. The molecule has 0 aromatic carbocycles. The zero-order valence-corrected chi connectivity index (χ0v) is 9.55. The van der Waals surface area contributed by atoms with Crippen LogP contribution >= 0.6 is 0 Å². The van der Waals surface area contributed by atoms with Gasteiger partial charge in [0, 0.05) is 6.54 Å². The number of amides is 1. The molecule has 0 aliphatic heterocycles.